The lowest BCUT2D eigenvalue weighted by Crippen LogP contribution is -1.82. The molecule has 0 radical (unpaired) electrons. The second-order valence-electron chi connectivity index (χ2n) is 17.9. The Balaban J connectivity index is 0.000000114. The number of aromatic nitrogens is 3. The molecule has 2 heterocycles. The average molecular weight is 1000 g/mol. The molecular weight excluding hydrogens is 943 g/mol. The number of rotatable bonds is 0. The highest BCUT2D eigenvalue weighted by atomic mass is 14.8. The lowest BCUT2D eigenvalue weighted by Gasteiger charge is -2.09. The monoisotopic (exact) mass is 1000 g/mol. The molecule has 0 atom stereocenters. The molecule has 0 spiro atoms. The van der Waals surface area contributed by atoms with Gasteiger partial charge < -0.3 is 0 Å². The molecule has 0 fully saturated rings. The zero-order valence-electron chi connectivity index (χ0n) is 44.1. The molecule has 0 aliphatic heterocycles. The van der Waals surface area contributed by atoms with Crippen LogP contribution in [0.2, 0.25) is 0 Å². The van der Waals surface area contributed by atoms with E-state index in [1.165, 1.54) is 103 Å². The molecule has 0 aliphatic carbocycles. The number of benzene rings is 14. The first-order chi connectivity index (χ1) is 38.8. The van der Waals surface area contributed by atoms with E-state index >= 15 is 0 Å². The van der Waals surface area contributed by atoms with Gasteiger partial charge in [0.2, 0.25) is 0 Å². The molecule has 0 N–H and O–H groups in total. The number of nitrogens with zero attached hydrogens (tertiary/aromatic N) is 3. The van der Waals surface area contributed by atoms with Crippen LogP contribution in [0.1, 0.15) is 13.8 Å². The van der Waals surface area contributed by atoms with Crippen molar-refractivity contribution in [1.29, 1.82) is 0 Å². The zero-order chi connectivity index (χ0) is 53.4. The fraction of sp³-hybridized carbons (Fsp3) is 0.0267. The van der Waals surface area contributed by atoms with E-state index < -0.39 is 0 Å². The molecular formula is C75H61N3. The minimum atomic E-state index is 1.31. The van der Waals surface area contributed by atoms with Crippen LogP contribution in [-0.2, 0) is 0 Å². The highest BCUT2D eigenvalue weighted by Crippen LogP contribution is 2.34. The summed E-state index contributed by atoms with van der Waals surface area (Å²) < 4.78 is 0. The Hall–Kier alpha value is -10.1. The smallest absolute Gasteiger partial charge is 0.115 e. The van der Waals surface area contributed by atoms with E-state index in [0.29, 0.717) is 0 Å². The highest BCUT2D eigenvalue weighted by Gasteiger charge is 2.07. The fourth-order valence-corrected chi connectivity index (χ4v) is 9.41. The minimum absolute atomic E-state index is 1.31. The van der Waals surface area contributed by atoms with Crippen molar-refractivity contribution in [3.8, 4) is 0 Å². The summed E-state index contributed by atoms with van der Waals surface area (Å²) in [4.78, 5) is 11.1. The summed E-state index contributed by atoms with van der Waals surface area (Å²) >= 11 is 0. The van der Waals surface area contributed by atoms with Gasteiger partial charge in [-0.1, -0.05) is 287 Å². The van der Waals surface area contributed by atoms with Crippen molar-refractivity contribution in [2.24, 2.45) is 0 Å². The third kappa shape index (κ3) is 13.8. The summed E-state index contributed by atoms with van der Waals surface area (Å²) in [5, 5.41) is 24.0. The van der Waals surface area contributed by atoms with Gasteiger partial charge in [-0.15, -0.1) is 0 Å². The van der Waals surface area contributed by atoms with Crippen LogP contribution in [0.5, 0.6) is 0 Å². The molecule has 0 saturated carbocycles. The van der Waals surface area contributed by atoms with E-state index in [4.69, 9.17) is 0 Å². The van der Waals surface area contributed by atoms with Crippen LogP contribution in [0.25, 0.3) is 97.0 Å². The van der Waals surface area contributed by atoms with Gasteiger partial charge in [-0.3, -0.25) is 4.98 Å². The first-order valence-corrected chi connectivity index (χ1v) is 26.5. The summed E-state index contributed by atoms with van der Waals surface area (Å²) in [5.41, 5.74) is 0. The van der Waals surface area contributed by atoms with Crippen molar-refractivity contribution >= 4 is 97.0 Å². The molecule has 0 saturated heterocycles. The van der Waals surface area contributed by atoms with Gasteiger partial charge in [-0.2, -0.15) is 0 Å². The van der Waals surface area contributed by atoms with Gasteiger partial charge in [0.25, 0.3) is 0 Å². The summed E-state index contributed by atoms with van der Waals surface area (Å²) in [6.07, 6.45) is 8.38. The van der Waals surface area contributed by atoms with Crippen molar-refractivity contribution in [2.45, 2.75) is 13.8 Å². The van der Waals surface area contributed by atoms with E-state index in [1.54, 1.807) is 30.9 Å². The molecule has 0 aliphatic rings. The van der Waals surface area contributed by atoms with E-state index in [9.17, 15) is 0 Å². The van der Waals surface area contributed by atoms with Crippen molar-refractivity contribution in [1.82, 2.24) is 15.0 Å². The van der Waals surface area contributed by atoms with Crippen LogP contribution in [0, 0.1) is 0 Å². The van der Waals surface area contributed by atoms with Crippen molar-refractivity contribution in [3.63, 3.8) is 0 Å². The summed E-state index contributed by atoms with van der Waals surface area (Å²) in [5.74, 6) is 0. The maximum absolute atomic E-state index is 3.78. The number of hydrogen-bond acceptors (Lipinski definition) is 3. The largest absolute Gasteiger partial charge is 0.265 e. The first-order valence-electron chi connectivity index (χ1n) is 26.5. The lowest BCUT2D eigenvalue weighted by molar-refractivity contribution is 1.17. The Labute approximate surface area is 457 Å². The normalized spacial score (nSPS) is 10.2. The summed E-state index contributed by atoms with van der Waals surface area (Å²) in [6.45, 7) is 4.00. The van der Waals surface area contributed by atoms with E-state index in [2.05, 4.69) is 258 Å². The molecule has 16 rings (SSSR count). The van der Waals surface area contributed by atoms with Crippen LogP contribution < -0.4 is 0 Å². The topological polar surface area (TPSA) is 38.7 Å². The number of fused-ring (bicyclic) bond motifs is 8. The molecule has 376 valence electrons. The highest BCUT2D eigenvalue weighted by molar-refractivity contribution is 6.23. The predicted molar refractivity (Wildman–Crippen MR) is 339 cm³/mol. The molecule has 16 aromatic rings. The van der Waals surface area contributed by atoms with Gasteiger partial charge in [0.1, 0.15) is 6.33 Å². The van der Waals surface area contributed by atoms with Crippen LogP contribution in [0.15, 0.2) is 334 Å². The molecule has 0 bridgehead atoms. The van der Waals surface area contributed by atoms with Gasteiger partial charge in [-0.05, 0) is 127 Å². The van der Waals surface area contributed by atoms with Gasteiger partial charge in [-0.25, -0.2) is 9.97 Å². The van der Waals surface area contributed by atoms with Gasteiger partial charge in [0, 0.05) is 24.8 Å². The molecule has 0 amide bonds. The minimum Gasteiger partial charge on any atom is -0.265 e. The van der Waals surface area contributed by atoms with Gasteiger partial charge in [0.15, 0.2) is 0 Å². The Bertz CT molecular complexity index is 3820. The van der Waals surface area contributed by atoms with Crippen LogP contribution in [-0.4, -0.2) is 15.0 Å². The second-order valence-corrected chi connectivity index (χ2v) is 17.9. The SMILES string of the molecule is CC.c1cc2ccc3cccc4ccc(c1)c2c34.c1ccc2c(c1)ccc1c3ccccc3ccc21.c1ccc2cc3ccccc3cc2c1.c1ccc2ccccc2c1.c1ccccc1.c1ccncc1.c1cncnc1. The zero-order valence-corrected chi connectivity index (χ0v) is 44.1. The van der Waals surface area contributed by atoms with E-state index in [1.807, 2.05) is 68.4 Å². The number of pyridine rings is 1. The molecule has 78 heavy (non-hydrogen) atoms. The Morgan fingerprint density at radius 1 is 0.179 bits per heavy atom. The average Bonchev–Trinajstić information content (AvgIpc) is 3.61. The number of hydrogen-bond donors (Lipinski definition) is 0. The Kier molecular flexibility index (Phi) is 18.9. The van der Waals surface area contributed by atoms with Gasteiger partial charge in [0.05, 0.1) is 0 Å². The predicted octanol–water partition coefficient (Wildman–Crippen LogP) is 20.8. The fourth-order valence-electron chi connectivity index (χ4n) is 9.41. The molecule has 3 nitrogen and oxygen atoms in total. The second kappa shape index (κ2) is 28.0. The van der Waals surface area contributed by atoms with Crippen molar-refractivity contribution in [3.05, 3.63) is 334 Å². The van der Waals surface area contributed by atoms with Crippen molar-refractivity contribution < 1.29 is 0 Å². The third-order valence-corrected chi connectivity index (χ3v) is 13.0. The molecule has 14 aromatic carbocycles. The van der Waals surface area contributed by atoms with Crippen molar-refractivity contribution in [2.75, 3.05) is 0 Å². The van der Waals surface area contributed by atoms with Crippen LogP contribution in [0.3, 0.4) is 0 Å². The Morgan fingerprint density at radius 3 is 0.731 bits per heavy atom. The quantitative estimate of drug-likeness (QED) is 0.112. The van der Waals surface area contributed by atoms with Crippen LogP contribution >= 0.6 is 0 Å². The molecule has 0 unspecified atom stereocenters. The maximum atomic E-state index is 3.78. The van der Waals surface area contributed by atoms with E-state index in [-0.39, 0.29) is 0 Å². The molecule has 3 heteroatoms. The third-order valence-electron chi connectivity index (χ3n) is 13.0. The van der Waals surface area contributed by atoms with E-state index in [0.717, 1.165) is 0 Å². The lowest BCUT2D eigenvalue weighted by atomic mass is 9.95. The maximum Gasteiger partial charge on any atom is 0.115 e. The van der Waals surface area contributed by atoms with Gasteiger partial charge >= 0.3 is 0 Å². The Morgan fingerprint density at radius 2 is 0.449 bits per heavy atom. The summed E-state index contributed by atoms with van der Waals surface area (Å²) in [6, 6.07) is 106. The first kappa shape index (κ1) is 52.8. The van der Waals surface area contributed by atoms with Crippen LogP contribution in [0.4, 0.5) is 0 Å². The summed E-state index contributed by atoms with van der Waals surface area (Å²) in [7, 11) is 0. The standard InChI is InChI=1S/C18H12.C16H10.C14H10.C10H8.C6H6.C5H5N.C4H4N2.C2H6/c1-3-7-15-13(5-1)9-11-18-16-8-4-2-6-14(16)10-12-17(15)18;1-3-11-7-9-13-5-2-6-14-10-8-12(4-1)15(11)16(13)14;1-2-6-12-10-14-8-4-3-7-13(14)9-11(12)5-1;1-2-6-10-8-4-3-7-9(10)5-1;2*1-2-4-6-5-3-1;1-2-5-4-6-3-1;1-2/h1-12H;1-10H;1-10H;1-8H;1-6H;1-5H;1-4H;1-2H3. The molecule has 2 aromatic heterocycles.